The zero-order chi connectivity index (χ0) is 17.2. The third-order valence-corrected chi connectivity index (χ3v) is 5.05. The van der Waals surface area contributed by atoms with E-state index >= 15 is 0 Å². The standard InChI is InChI=1S/C19H17N3O2S/c1-13-10-11-22(21-13)15-8-6-14(7-9-15)19(23)24-12-18-20-16-4-2-3-5-17(16)25-18/h2-9H,10-12H2,1H3. The van der Waals surface area contributed by atoms with Crippen LogP contribution < -0.4 is 5.01 Å². The van der Waals surface area contributed by atoms with Crippen molar-refractivity contribution in [3.63, 3.8) is 0 Å². The van der Waals surface area contributed by atoms with Crippen LogP contribution in [-0.4, -0.2) is 23.2 Å². The summed E-state index contributed by atoms with van der Waals surface area (Å²) < 4.78 is 6.49. The van der Waals surface area contributed by atoms with Crippen LogP contribution in [0.25, 0.3) is 10.2 Å². The average Bonchev–Trinajstić information content (AvgIpc) is 3.25. The lowest BCUT2D eigenvalue weighted by Gasteiger charge is -2.13. The van der Waals surface area contributed by atoms with Gasteiger partial charge in [0.05, 0.1) is 21.5 Å². The predicted molar refractivity (Wildman–Crippen MR) is 100 cm³/mol. The summed E-state index contributed by atoms with van der Waals surface area (Å²) in [6, 6.07) is 15.2. The van der Waals surface area contributed by atoms with Crippen LogP contribution in [0, 0.1) is 0 Å². The van der Waals surface area contributed by atoms with E-state index in [1.807, 2.05) is 48.3 Å². The lowest BCUT2D eigenvalue weighted by atomic mass is 10.2. The first kappa shape index (κ1) is 15.8. The van der Waals surface area contributed by atoms with E-state index in [1.165, 1.54) is 0 Å². The molecule has 3 aromatic rings. The van der Waals surface area contributed by atoms with Gasteiger partial charge in [0.2, 0.25) is 0 Å². The number of nitrogens with zero attached hydrogens (tertiary/aromatic N) is 3. The number of carbonyl (C=O) groups is 1. The van der Waals surface area contributed by atoms with E-state index in [1.54, 1.807) is 23.5 Å². The molecular formula is C19H17N3O2S. The van der Waals surface area contributed by atoms with Gasteiger partial charge in [0.25, 0.3) is 0 Å². The van der Waals surface area contributed by atoms with Crippen LogP contribution in [0.3, 0.4) is 0 Å². The number of carbonyl (C=O) groups excluding carboxylic acids is 1. The first-order valence-electron chi connectivity index (χ1n) is 8.12. The maximum absolute atomic E-state index is 12.2. The van der Waals surface area contributed by atoms with Crippen molar-refractivity contribution in [1.82, 2.24) is 4.98 Å². The smallest absolute Gasteiger partial charge is 0.338 e. The van der Waals surface area contributed by atoms with Crippen molar-refractivity contribution < 1.29 is 9.53 Å². The molecule has 0 bridgehead atoms. The number of thiazole rings is 1. The Balaban J connectivity index is 1.40. The van der Waals surface area contributed by atoms with Gasteiger partial charge in [-0.2, -0.15) is 5.10 Å². The maximum Gasteiger partial charge on any atom is 0.338 e. The molecule has 2 aromatic carbocycles. The lowest BCUT2D eigenvalue weighted by Crippen LogP contribution is -2.12. The molecule has 4 rings (SSSR count). The van der Waals surface area contributed by atoms with Gasteiger partial charge in [-0.15, -0.1) is 11.3 Å². The molecule has 0 saturated heterocycles. The van der Waals surface area contributed by atoms with Gasteiger partial charge >= 0.3 is 5.97 Å². The Morgan fingerprint density at radius 3 is 2.72 bits per heavy atom. The van der Waals surface area contributed by atoms with Crippen molar-refractivity contribution in [2.45, 2.75) is 20.0 Å². The van der Waals surface area contributed by atoms with Crippen LogP contribution in [-0.2, 0) is 11.3 Å². The SMILES string of the molecule is CC1=NN(c2ccc(C(=O)OCc3nc4ccccc4s3)cc2)CC1. The van der Waals surface area contributed by atoms with E-state index in [9.17, 15) is 4.79 Å². The molecule has 0 amide bonds. The van der Waals surface area contributed by atoms with Crippen molar-refractivity contribution >= 4 is 38.9 Å². The number of para-hydroxylation sites is 1. The molecule has 0 atom stereocenters. The Labute approximate surface area is 149 Å². The number of anilines is 1. The third kappa shape index (κ3) is 3.39. The monoisotopic (exact) mass is 351 g/mol. The number of benzene rings is 2. The minimum Gasteiger partial charge on any atom is -0.455 e. The second-order valence-corrected chi connectivity index (χ2v) is 7.02. The third-order valence-electron chi connectivity index (χ3n) is 4.04. The van der Waals surface area contributed by atoms with Gasteiger partial charge in [-0.25, -0.2) is 9.78 Å². The zero-order valence-corrected chi connectivity index (χ0v) is 14.6. The van der Waals surface area contributed by atoms with E-state index in [4.69, 9.17) is 4.74 Å². The molecule has 0 unspecified atom stereocenters. The minimum absolute atomic E-state index is 0.190. The Hall–Kier alpha value is -2.73. The fraction of sp³-hybridized carbons (Fsp3) is 0.211. The lowest BCUT2D eigenvalue weighted by molar-refractivity contribution is 0.0472. The van der Waals surface area contributed by atoms with Gasteiger partial charge in [0, 0.05) is 18.7 Å². The van der Waals surface area contributed by atoms with Crippen molar-refractivity contribution in [2.75, 3.05) is 11.6 Å². The number of rotatable bonds is 4. The van der Waals surface area contributed by atoms with E-state index in [0.29, 0.717) is 5.56 Å². The molecule has 0 radical (unpaired) electrons. The van der Waals surface area contributed by atoms with Crippen molar-refractivity contribution in [3.05, 3.63) is 59.1 Å². The summed E-state index contributed by atoms with van der Waals surface area (Å²) in [5, 5.41) is 7.21. The first-order chi connectivity index (χ1) is 12.2. The van der Waals surface area contributed by atoms with E-state index in [0.717, 1.165) is 39.6 Å². The largest absolute Gasteiger partial charge is 0.455 e. The highest BCUT2D eigenvalue weighted by Gasteiger charge is 2.14. The van der Waals surface area contributed by atoms with Crippen LogP contribution in [0.2, 0.25) is 0 Å². The van der Waals surface area contributed by atoms with Crippen molar-refractivity contribution in [1.29, 1.82) is 0 Å². The average molecular weight is 351 g/mol. The quantitative estimate of drug-likeness (QED) is 0.660. The van der Waals surface area contributed by atoms with E-state index in [2.05, 4.69) is 10.1 Å². The number of hydrogen-bond donors (Lipinski definition) is 0. The van der Waals surface area contributed by atoms with Crippen LogP contribution in [0.4, 0.5) is 5.69 Å². The molecule has 25 heavy (non-hydrogen) atoms. The van der Waals surface area contributed by atoms with Gasteiger partial charge in [-0.1, -0.05) is 12.1 Å². The molecule has 126 valence electrons. The second-order valence-electron chi connectivity index (χ2n) is 5.91. The molecule has 2 heterocycles. The molecule has 6 heteroatoms. The minimum atomic E-state index is -0.341. The molecule has 0 saturated carbocycles. The van der Waals surface area contributed by atoms with Gasteiger partial charge in [-0.3, -0.25) is 5.01 Å². The molecule has 1 aliphatic heterocycles. The van der Waals surface area contributed by atoms with E-state index < -0.39 is 0 Å². The van der Waals surface area contributed by atoms with Crippen molar-refractivity contribution in [3.8, 4) is 0 Å². The molecule has 0 fully saturated rings. The van der Waals surface area contributed by atoms with Gasteiger partial charge in [0.15, 0.2) is 0 Å². The number of hydrogen-bond acceptors (Lipinski definition) is 6. The second kappa shape index (κ2) is 6.64. The summed E-state index contributed by atoms with van der Waals surface area (Å²) >= 11 is 1.54. The number of aromatic nitrogens is 1. The summed E-state index contributed by atoms with van der Waals surface area (Å²) in [5.74, 6) is -0.341. The van der Waals surface area contributed by atoms with Crippen LogP contribution in [0.1, 0.15) is 28.7 Å². The molecular weight excluding hydrogens is 334 g/mol. The molecule has 0 spiro atoms. The molecule has 1 aromatic heterocycles. The Bertz CT molecular complexity index is 914. The van der Waals surface area contributed by atoms with Crippen LogP contribution in [0.15, 0.2) is 53.6 Å². The summed E-state index contributed by atoms with van der Waals surface area (Å²) in [7, 11) is 0. The fourth-order valence-electron chi connectivity index (χ4n) is 2.72. The highest BCUT2D eigenvalue weighted by Crippen LogP contribution is 2.23. The van der Waals surface area contributed by atoms with Gasteiger partial charge in [-0.05, 0) is 43.3 Å². The zero-order valence-electron chi connectivity index (χ0n) is 13.8. The van der Waals surface area contributed by atoms with E-state index in [-0.39, 0.29) is 12.6 Å². The molecule has 0 aliphatic carbocycles. The highest BCUT2D eigenvalue weighted by molar-refractivity contribution is 7.18. The number of ether oxygens (including phenoxy) is 1. The Kier molecular flexibility index (Phi) is 4.19. The predicted octanol–water partition coefficient (Wildman–Crippen LogP) is 4.24. The summed E-state index contributed by atoms with van der Waals surface area (Å²) in [6.45, 7) is 3.09. The number of hydrazone groups is 1. The summed E-state index contributed by atoms with van der Waals surface area (Å²) in [6.07, 6.45) is 0.978. The van der Waals surface area contributed by atoms with Crippen molar-refractivity contribution in [2.24, 2.45) is 5.10 Å². The normalized spacial score (nSPS) is 14.0. The van der Waals surface area contributed by atoms with Gasteiger partial charge in [0.1, 0.15) is 11.6 Å². The summed E-state index contributed by atoms with van der Waals surface area (Å²) in [5.41, 5.74) is 3.58. The Morgan fingerprint density at radius 2 is 2.00 bits per heavy atom. The first-order valence-corrected chi connectivity index (χ1v) is 8.94. The molecule has 0 N–H and O–H groups in total. The number of fused-ring (bicyclic) bond motifs is 1. The Morgan fingerprint density at radius 1 is 1.20 bits per heavy atom. The number of esters is 1. The van der Waals surface area contributed by atoms with Crippen LogP contribution >= 0.6 is 11.3 Å². The van der Waals surface area contributed by atoms with Crippen LogP contribution in [0.5, 0.6) is 0 Å². The van der Waals surface area contributed by atoms with Gasteiger partial charge < -0.3 is 4.74 Å². The molecule has 1 aliphatic rings. The maximum atomic E-state index is 12.2. The fourth-order valence-corrected chi connectivity index (χ4v) is 3.60. The summed E-state index contributed by atoms with van der Waals surface area (Å²) in [4.78, 5) is 16.7. The molecule has 5 nitrogen and oxygen atoms in total. The topological polar surface area (TPSA) is 54.8 Å². The highest BCUT2D eigenvalue weighted by atomic mass is 32.1.